The molecular formula is C29H40F2N2O. The van der Waals surface area contributed by atoms with Crippen molar-refractivity contribution in [3.63, 3.8) is 0 Å². The number of carbonyl (C=O) groups is 1. The Morgan fingerprint density at radius 1 is 0.912 bits per heavy atom. The molecule has 5 heteroatoms. The molecule has 0 bridgehead atoms. The van der Waals surface area contributed by atoms with Gasteiger partial charge in [0.05, 0.1) is 6.04 Å². The van der Waals surface area contributed by atoms with Gasteiger partial charge in [-0.25, -0.2) is 8.78 Å². The zero-order valence-corrected chi connectivity index (χ0v) is 20.7. The number of nitrogens with one attached hydrogen (secondary N) is 2. The van der Waals surface area contributed by atoms with Crippen LogP contribution in [0.2, 0.25) is 0 Å². The lowest BCUT2D eigenvalue weighted by Crippen LogP contribution is -2.46. The summed E-state index contributed by atoms with van der Waals surface area (Å²) in [6, 6.07) is 12.8. The van der Waals surface area contributed by atoms with Crippen molar-refractivity contribution in [1.29, 1.82) is 0 Å². The number of halogens is 2. The van der Waals surface area contributed by atoms with E-state index in [1.807, 2.05) is 0 Å². The maximum atomic E-state index is 13.4. The van der Waals surface area contributed by atoms with E-state index in [0.29, 0.717) is 18.4 Å². The Labute approximate surface area is 203 Å². The molecule has 1 atom stereocenters. The number of rotatable bonds is 12. The summed E-state index contributed by atoms with van der Waals surface area (Å²) in [5, 5.41) is 6.68. The van der Waals surface area contributed by atoms with Crippen LogP contribution in [0.4, 0.5) is 8.78 Å². The summed E-state index contributed by atoms with van der Waals surface area (Å²) in [5.41, 5.74) is 1.98. The summed E-state index contributed by atoms with van der Waals surface area (Å²) in [6.07, 6.45) is 8.85. The zero-order valence-electron chi connectivity index (χ0n) is 20.7. The highest BCUT2D eigenvalue weighted by Crippen LogP contribution is 2.29. The molecule has 0 unspecified atom stereocenters. The van der Waals surface area contributed by atoms with Crippen LogP contribution >= 0.6 is 0 Å². The number of benzene rings is 2. The van der Waals surface area contributed by atoms with Gasteiger partial charge < -0.3 is 10.6 Å². The van der Waals surface area contributed by atoms with Gasteiger partial charge in [0.2, 0.25) is 5.91 Å². The van der Waals surface area contributed by atoms with Gasteiger partial charge in [-0.2, -0.15) is 0 Å². The van der Waals surface area contributed by atoms with Gasteiger partial charge in [-0.1, -0.05) is 57.4 Å². The molecule has 34 heavy (non-hydrogen) atoms. The fraction of sp³-hybridized carbons (Fsp3) is 0.552. The van der Waals surface area contributed by atoms with E-state index in [2.05, 4.69) is 24.5 Å². The Morgan fingerprint density at radius 3 is 2.00 bits per heavy atom. The molecule has 1 aliphatic rings. The fourth-order valence-electron chi connectivity index (χ4n) is 5.01. The van der Waals surface area contributed by atoms with Gasteiger partial charge in [-0.05, 0) is 85.9 Å². The maximum absolute atomic E-state index is 13.4. The van der Waals surface area contributed by atoms with Gasteiger partial charge in [0, 0.05) is 12.5 Å². The normalized spacial score (nSPS) is 15.6. The first kappa shape index (κ1) is 26.3. The lowest BCUT2D eigenvalue weighted by atomic mass is 9.87. The summed E-state index contributed by atoms with van der Waals surface area (Å²) < 4.78 is 26.9. The Bertz CT molecular complexity index is 815. The van der Waals surface area contributed by atoms with E-state index in [0.717, 1.165) is 36.9 Å². The molecule has 0 aromatic heterocycles. The molecule has 2 aromatic carbocycles. The van der Waals surface area contributed by atoms with Gasteiger partial charge in [0.1, 0.15) is 11.6 Å². The zero-order chi connectivity index (χ0) is 24.3. The van der Waals surface area contributed by atoms with Crippen LogP contribution in [0.25, 0.3) is 0 Å². The molecule has 0 heterocycles. The first-order valence-electron chi connectivity index (χ1n) is 12.9. The molecule has 0 spiro atoms. The predicted molar refractivity (Wildman–Crippen MR) is 135 cm³/mol. The Kier molecular flexibility index (Phi) is 10.5. The molecule has 1 amide bonds. The van der Waals surface area contributed by atoms with Gasteiger partial charge in [-0.15, -0.1) is 0 Å². The van der Waals surface area contributed by atoms with Crippen LogP contribution in [0, 0.1) is 23.5 Å². The molecule has 1 saturated carbocycles. The van der Waals surface area contributed by atoms with E-state index in [1.54, 1.807) is 24.3 Å². The summed E-state index contributed by atoms with van der Waals surface area (Å²) in [5.74, 6) is 0.675. The van der Waals surface area contributed by atoms with Crippen molar-refractivity contribution >= 4 is 5.91 Å². The van der Waals surface area contributed by atoms with E-state index in [9.17, 15) is 13.6 Å². The van der Waals surface area contributed by atoms with Crippen molar-refractivity contribution in [2.24, 2.45) is 11.8 Å². The van der Waals surface area contributed by atoms with E-state index in [1.165, 1.54) is 56.4 Å². The second-order valence-electron chi connectivity index (χ2n) is 10.2. The Hall–Kier alpha value is -2.27. The Morgan fingerprint density at radius 2 is 1.47 bits per heavy atom. The number of hydrogen-bond acceptors (Lipinski definition) is 2. The third-order valence-corrected chi connectivity index (χ3v) is 6.91. The molecule has 0 saturated heterocycles. The smallest absolute Gasteiger partial charge is 0.237 e. The van der Waals surface area contributed by atoms with E-state index >= 15 is 0 Å². The minimum Gasteiger partial charge on any atom is -0.355 e. The standard InChI is InChI=1S/C29H40F2N2O/c1-21(2)19-28(33-20-22-7-4-3-5-8-22)29(34)32-18-6-9-27(23-10-14-25(30)15-11-23)24-12-16-26(31)17-13-24/h10-17,21-22,27-28,33H,3-9,18-20H2,1-2H3,(H,32,34)/t28-/m0/s1. The molecule has 2 N–H and O–H groups in total. The highest BCUT2D eigenvalue weighted by Gasteiger charge is 2.22. The van der Waals surface area contributed by atoms with Crippen molar-refractivity contribution in [2.75, 3.05) is 13.1 Å². The molecule has 1 fully saturated rings. The minimum atomic E-state index is -0.272. The number of hydrogen-bond donors (Lipinski definition) is 2. The first-order valence-corrected chi connectivity index (χ1v) is 12.9. The third kappa shape index (κ3) is 8.50. The topological polar surface area (TPSA) is 41.1 Å². The molecule has 0 radical (unpaired) electrons. The van der Waals surface area contributed by atoms with Crippen LogP contribution in [-0.2, 0) is 4.79 Å². The van der Waals surface area contributed by atoms with Gasteiger partial charge in [0.15, 0.2) is 0 Å². The quantitative estimate of drug-likeness (QED) is 0.344. The van der Waals surface area contributed by atoms with Gasteiger partial charge in [0.25, 0.3) is 0 Å². The lowest BCUT2D eigenvalue weighted by molar-refractivity contribution is -0.123. The van der Waals surface area contributed by atoms with Crippen LogP contribution in [-0.4, -0.2) is 25.0 Å². The van der Waals surface area contributed by atoms with Crippen LogP contribution in [0.15, 0.2) is 48.5 Å². The van der Waals surface area contributed by atoms with Crippen molar-refractivity contribution in [3.8, 4) is 0 Å². The molecule has 1 aliphatic carbocycles. The molecular weight excluding hydrogens is 430 g/mol. The average Bonchev–Trinajstić information content (AvgIpc) is 2.83. The second-order valence-corrected chi connectivity index (χ2v) is 10.2. The average molecular weight is 471 g/mol. The summed E-state index contributed by atoms with van der Waals surface area (Å²) in [4.78, 5) is 13.0. The van der Waals surface area contributed by atoms with Crippen LogP contribution < -0.4 is 10.6 Å². The fourth-order valence-corrected chi connectivity index (χ4v) is 5.01. The van der Waals surface area contributed by atoms with Gasteiger partial charge in [-0.3, -0.25) is 4.79 Å². The van der Waals surface area contributed by atoms with Gasteiger partial charge >= 0.3 is 0 Å². The number of carbonyl (C=O) groups excluding carboxylic acids is 1. The monoisotopic (exact) mass is 470 g/mol. The summed E-state index contributed by atoms with van der Waals surface area (Å²) in [7, 11) is 0. The highest BCUT2D eigenvalue weighted by molar-refractivity contribution is 5.81. The maximum Gasteiger partial charge on any atom is 0.237 e. The third-order valence-electron chi connectivity index (χ3n) is 6.91. The van der Waals surface area contributed by atoms with Crippen molar-refractivity contribution in [2.45, 2.75) is 77.2 Å². The molecule has 2 aromatic rings. The molecule has 3 nitrogen and oxygen atoms in total. The van der Waals surface area contributed by atoms with E-state index in [4.69, 9.17) is 0 Å². The van der Waals surface area contributed by atoms with Crippen molar-refractivity contribution < 1.29 is 13.6 Å². The number of amides is 1. The largest absolute Gasteiger partial charge is 0.355 e. The second kappa shape index (κ2) is 13.6. The first-order chi connectivity index (χ1) is 16.4. The predicted octanol–water partition coefficient (Wildman–Crippen LogP) is 6.58. The molecule has 3 rings (SSSR count). The van der Waals surface area contributed by atoms with Crippen LogP contribution in [0.1, 0.15) is 82.3 Å². The highest BCUT2D eigenvalue weighted by atomic mass is 19.1. The van der Waals surface area contributed by atoms with E-state index in [-0.39, 0.29) is 29.5 Å². The molecule has 186 valence electrons. The summed E-state index contributed by atoms with van der Waals surface area (Å²) >= 11 is 0. The van der Waals surface area contributed by atoms with E-state index < -0.39 is 0 Å². The minimum absolute atomic E-state index is 0.0222. The SMILES string of the molecule is CC(C)C[C@H](NCC1CCCCC1)C(=O)NCCCC(c1ccc(F)cc1)c1ccc(F)cc1. The van der Waals surface area contributed by atoms with Crippen LogP contribution in [0.5, 0.6) is 0 Å². The van der Waals surface area contributed by atoms with Crippen LogP contribution in [0.3, 0.4) is 0 Å². The van der Waals surface area contributed by atoms with Crippen molar-refractivity contribution in [3.05, 3.63) is 71.3 Å². The Balaban J connectivity index is 1.54. The molecule has 0 aliphatic heterocycles. The van der Waals surface area contributed by atoms with Crippen molar-refractivity contribution in [1.82, 2.24) is 10.6 Å². The summed E-state index contributed by atoms with van der Waals surface area (Å²) in [6.45, 7) is 5.80. The lowest BCUT2D eigenvalue weighted by Gasteiger charge is -2.26.